The molecule has 1 heterocycles. The van der Waals surface area contributed by atoms with E-state index >= 15 is 0 Å². The molecule has 1 aliphatic carbocycles. The lowest BCUT2D eigenvalue weighted by atomic mass is 9.69. The minimum Gasteiger partial charge on any atom is -0.503 e. The van der Waals surface area contributed by atoms with Crippen LogP contribution >= 0.6 is 11.6 Å². The van der Waals surface area contributed by atoms with E-state index in [9.17, 15) is 19.5 Å². The van der Waals surface area contributed by atoms with Crippen molar-refractivity contribution in [3.05, 3.63) is 45.3 Å². The zero-order valence-corrected chi connectivity index (χ0v) is 20.9. The number of phenolic OH excluding ortho intramolecular Hbond substituents is 1. The van der Waals surface area contributed by atoms with E-state index in [-0.39, 0.29) is 39.7 Å². The van der Waals surface area contributed by atoms with Gasteiger partial charge in [0, 0.05) is 22.9 Å². The molecule has 1 aromatic carbocycles. The topological polar surface area (TPSA) is 111 Å². The average Bonchev–Trinajstić information content (AvgIpc) is 2.79. The van der Waals surface area contributed by atoms with Crippen molar-refractivity contribution in [3.63, 3.8) is 0 Å². The number of dihydropyridines is 1. The fourth-order valence-corrected chi connectivity index (χ4v) is 4.75. The molecular weight excluding hydrogens is 462 g/mol. The summed E-state index contributed by atoms with van der Waals surface area (Å²) in [6.07, 6.45) is 0.682. The van der Waals surface area contributed by atoms with Crippen LogP contribution in [0.2, 0.25) is 5.02 Å². The highest BCUT2D eigenvalue weighted by atomic mass is 35.5. The summed E-state index contributed by atoms with van der Waals surface area (Å²) in [5.74, 6) is -3.99. The van der Waals surface area contributed by atoms with Crippen LogP contribution in [0, 0.1) is 11.8 Å². The maximum Gasteiger partial charge on any atom is 0.337 e. The van der Waals surface area contributed by atoms with Crippen LogP contribution in [0.25, 0.3) is 0 Å². The van der Waals surface area contributed by atoms with Gasteiger partial charge in [-0.05, 0) is 50.3 Å². The van der Waals surface area contributed by atoms with E-state index in [1.54, 1.807) is 13.8 Å². The van der Waals surface area contributed by atoms with Crippen LogP contribution in [0.5, 0.6) is 11.5 Å². The largest absolute Gasteiger partial charge is 0.503 e. The second-order valence-corrected chi connectivity index (χ2v) is 9.12. The lowest BCUT2D eigenvalue weighted by molar-refractivity contribution is -0.151. The minimum atomic E-state index is -1.01. The number of hydrogen-bond donors (Lipinski definition) is 2. The molecule has 0 amide bonds. The Hall–Kier alpha value is -3.00. The first kappa shape index (κ1) is 25.6. The summed E-state index contributed by atoms with van der Waals surface area (Å²) in [7, 11) is 2.62. The molecule has 4 unspecified atom stereocenters. The highest BCUT2D eigenvalue weighted by Crippen LogP contribution is 2.48. The summed E-state index contributed by atoms with van der Waals surface area (Å²) < 4.78 is 15.8. The third-order valence-electron chi connectivity index (χ3n) is 6.45. The van der Waals surface area contributed by atoms with Gasteiger partial charge in [0.05, 0.1) is 30.9 Å². The monoisotopic (exact) mass is 491 g/mol. The van der Waals surface area contributed by atoms with Crippen molar-refractivity contribution in [2.75, 3.05) is 14.2 Å². The molecule has 0 spiro atoms. The predicted octanol–water partition coefficient (Wildman–Crippen LogP) is 4.01. The predicted molar refractivity (Wildman–Crippen MR) is 125 cm³/mol. The fourth-order valence-electron chi connectivity index (χ4n) is 4.53. The number of benzene rings is 1. The molecule has 0 saturated heterocycles. The summed E-state index contributed by atoms with van der Waals surface area (Å²) >= 11 is 6.27. The van der Waals surface area contributed by atoms with Gasteiger partial charge in [0.2, 0.25) is 0 Å². The number of carbonyl (C=O) groups is 3. The van der Waals surface area contributed by atoms with Crippen molar-refractivity contribution >= 4 is 29.3 Å². The Balaban J connectivity index is 2.25. The van der Waals surface area contributed by atoms with Gasteiger partial charge in [0.25, 0.3) is 0 Å². The molecule has 0 saturated carbocycles. The summed E-state index contributed by atoms with van der Waals surface area (Å²) in [6.45, 7) is 7.23. The Bertz CT molecular complexity index is 1090. The number of hydrogen-bond acceptors (Lipinski definition) is 8. The lowest BCUT2D eigenvalue weighted by Gasteiger charge is -2.38. The van der Waals surface area contributed by atoms with Gasteiger partial charge in [-0.3, -0.25) is 9.59 Å². The molecule has 34 heavy (non-hydrogen) atoms. The third-order valence-corrected chi connectivity index (χ3v) is 6.74. The summed E-state index contributed by atoms with van der Waals surface area (Å²) in [5, 5.41) is 13.5. The molecule has 0 bridgehead atoms. The van der Waals surface area contributed by atoms with Crippen LogP contribution < -0.4 is 10.1 Å². The van der Waals surface area contributed by atoms with Crippen molar-refractivity contribution in [1.29, 1.82) is 0 Å². The van der Waals surface area contributed by atoms with E-state index in [0.717, 1.165) is 0 Å². The quantitative estimate of drug-likeness (QED) is 0.453. The number of aromatic hydroxyl groups is 1. The number of halogens is 1. The fraction of sp³-hybridized carbons (Fsp3) is 0.480. The number of allylic oxidation sites excluding steroid dienone is 3. The first-order chi connectivity index (χ1) is 16.0. The number of esters is 2. The van der Waals surface area contributed by atoms with E-state index in [0.29, 0.717) is 29.8 Å². The SMILES string of the molecule is CCC(C)OC(=O)C1=C(C)NC2=C(C(=O)C(C(=O)OC)C(C)C2)C1c1cc(Cl)c(O)c(OC)c1. The highest BCUT2D eigenvalue weighted by Gasteiger charge is 2.47. The molecule has 4 atom stereocenters. The summed E-state index contributed by atoms with van der Waals surface area (Å²) in [4.78, 5) is 39.6. The summed E-state index contributed by atoms with van der Waals surface area (Å²) in [5.41, 5.74) is 2.13. The Morgan fingerprint density at radius 2 is 1.97 bits per heavy atom. The van der Waals surface area contributed by atoms with Crippen molar-refractivity contribution in [2.24, 2.45) is 11.8 Å². The molecule has 1 aromatic rings. The number of methoxy groups -OCH3 is 2. The normalized spacial score (nSPS) is 23.1. The first-order valence-corrected chi connectivity index (χ1v) is 11.5. The van der Waals surface area contributed by atoms with Gasteiger partial charge < -0.3 is 24.6 Å². The number of nitrogens with one attached hydrogen (secondary N) is 1. The van der Waals surface area contributed by atoms with E-state index in [2.05, 4.69) is 5.32 Å². The Kier molecular flexibility index (Phi) is 7.60. The van der Waals surface area contributed by atoms with Crippen LogP contribution in [-0.2, 0) is 23.9 Å². The number of phenols is 1. The summed E-state index contributed by atoms with van der Waals surface area (Å²) in [6, 6.07) is 3.02. The number of rotatable bonds is 6. The molecule has 2 N–H and O–H groups in total. The van der Waals surface area contributed by atoms with Crippen molar-refractivity contribution in [2.45, 2.75) is 52.6 Å². The smallest absolute Gasteiger partial charge is 0.337 e. The molecule has 3 rings (SSSR count). The molecule has 9 heteroatoms. The Morgan fingerprint density at radius 3 is 2.56 bits per heavy atom. The van der Waals surface area contributed by atoms with Gasteiger partial charge >= 0.3 is 11.9 Å². The standard InChI is InChI=1S/C25H30ClNO7/c1-7-12(3)34-25(31)19-13(4)27-16-8-11(2)18(24(30)33-6)23(29)21(16)20(19)14-9-15(26)22(28)17(10-14)32-5/h9-12,18,20,27-28H,7-8H2,1-6H3. The zero-order chi connectivity index (χ0) is 25.3. The van der Waals surface area contributed by atoms with E-state index in [1.807, 2.05) is 13.8 Å². The maximum atomic E-state index is 13.7. The minimum absolute atomic E-state index is 0.00322. The molecule has 1 aliphatic heterocycles. The average molecular weight is 492 g/mol. The van der Waals surface area contributed by atoms with Crippen LogP contribution in [-0.4, -0.2) is 43.2 Å². The Morgan fingerprint density at radius 1 is 1.29 bits per heavy atom. The number of ether oxygens (including phenoxy) is 3. The molecule has 0 fully saturated rings. The molecule has 184 valence electrons. The first-order valence-electron chi connectivity index (χ1n) is 11.2. The van der Waals surface area contributed by atoms with Gasteiger partial charge in [0.1, 0.15) is 5.92 Å². The van der Waals surface area contributed by atoms with Crippen LogP contribution in [0.1, 0.15) is 52.0 Å². The molecule has 8 nitrogen and oxygen atoms in total. The van der Waals surface area contributed by atoms with E-state index in [1.165, 1.54) is 26.4 Å². The number of Topliss-reactive ketones (excluding diaryl/α,β-unsaturated/α-hetero) is 1. The second kappa shape index (κ2) is 10.1. The van der Waals surface area contributed by atoms with Gasteiger partial charge in [-0.25, -0.2) is 4.79 Å². The lowest BCUT2D eigenvalue weighted by Crippen LogP contribution is -2.43. The second-order valence-electron chi connectivity index (χ2n) is 8.71. The van der Waals surface area contributed by atoms with Crippen LogP contribution in [0.15, 0.2) is 34.7 Å². The third kappa shape index (κ3) is 4.51. The van der Waals surface area contributed by atoms with Gasteiger partial charge in [0.15, 0.2) is 17.3 Å². The molecule has 2 aliphatic rings. The maximum absolute atomic E-state index is 13.7. The molecule has 0 radical (unpaired) electrons. The van der Waals surface area contributed by atoms with E-state index < -0.39 is 29.6 Å². The van der Waals surface area contributed by atoms with Crippen molar-refractivity contribution in [1.82, 2.24) is 5.32 Å². The Labute approximate surface area is 203 Å². The van der Waals surface area contributed by atoms with Crippen molar-refractivity contribution in [3.8, 4) is 11.5 Å². The number of carbonyl (C=O) groups excluding carboxylic acids is 3. The molecule has 0 aromatic heterocycles. The zero-order valence-electron chi connectivity index (χ0n) is 20.2. The van der Waals surface area contributed by atoms with Gasteiger partial charge in [-0.1, -0.05) is 25.4 Å². The van der Waals surface area contributed by atoms with Gasteiger partial charge in [-0.2, -0.15) is 0 Å². The van der Waals surface area contributed by atoms with Gasteiger partial charge in [-0.15, -0.1) is 0 Å². The van der Waals surface area contributed by atoms with Crippen LogP contribution in [0.4, 0.5) is 0 Å². The van der Waals surface area contributed by atoms with Crippen LogP contribution in [0.3, 0.4) is 0 Å². The number of ketones is 1. The van der Waals surface area contributed by atoms with E-state index in [4.69, 9.17) is 25.8 Å². The highest BCUT2D eigenvalue weighted by molar-refractivity contribution is 6.32. The molecular formula is C25H30ClNO7. The van der Waals surface area contributed by atoms with Crippen molar-refractivity contribution < 1.29 is 33.7 Å².